The summed E-state index contributed by atoms with van der Waals surface area (Å²) in [5.41, 5.74) is 1.74. The van der Waals surface area contributed by atoms with E-state index in [2.05, 4.69) is 15.4 Å². The maximum Gasteiger partial charge on any atom is 0.573 e. The van der Waals surface area contributed by atoms with Gasteiger partial charge in [0.2, 0.25) is 0 Å². The van der Waals surface area contributed by atoms with E-state index in [1.54, 1.807) is 6.07 Å². The van der Waals surface area contributed by atoms with Crippen molar-refractivity contribution in [1.29, 1.82) is 0 Å². The average molecular weight is 494 g/mol. The molecule has 1 unspecified atom stereocenters. The molecule has 0 aromatic heterocycles. The van der Waals surface area contributed by atoms with Crippen LogP contribution in [0, 0.1) is 0 Å². The Balaban J connectivity index is 1.51. The van der Waals surface area contributed by atoms with E-state index in [1.165, 1.54) is 19.2 Å². The molecule has 188 valence electrons. The van der Waals surface area contributed by atoms with Crippen LogP contribution in [0.2, 0.25) is 0 Å². The predicted octanol–water partition coefficient (Wildman–Crippen LogP) is 4.48. The van der Waals surface area contributed by atoms with Gasteiger partial charge in [-0.25, -0.2) is 0 Å². The number of aromatic hydroxyl groups is 1. The molecule has 2 aromatic rings. The molecule has 1 saturated carbocycles. The van der Waals surface area contributed by atoms with Gasteiger partial charge in [-0.2, -0.15) is 0 Å². The van der Waals surface area contributed by atoms with Gasteiger partial charge in [-0.3, -0.25) is 9.59 Å². The monoisotopic (exact) mass is 494 g/mol. The Kier molecular flexibility index (Phi) is 6.95. The second-order valence-electron chi connectivity index (χ2n) is 8.48. The number of phenolic OH excluding ortho intramolecular Hbond substituents is 1. The highest BCUT2D eigenvalue weighted by atomic mass is 19.4. The summed E-state index contributed by atoms with van der Waals surface area (Å²) in [5.74, 6) is -1.07. The van der Waals surface area contributed by atoms with E-state index in [1.807, 2.05) is 0 Å². The summed E-state index contributed by atoms with van der Waals surface area (Å²) < 4.78 is 51.7. The van der Waals surface area contributed by atoms with Gasteiger partial charge in [0, 0.05) is 17.8 Å². The fourth-order valence-corrected chi connectivity index (χ4v) is 4.41. The van der Waals surface area contributed by atoms with E-state index in [4.69, 9.17) is 9.47 Å². The van der Waals surface area contributed by atoms with E-state index in [9.17, 15) is 27.9 Å². The molecular formula is C24H25F3N2O6. The lowest BCUT2D eigenvalue weighted by atomic mass is 9.93. The number of halogens is 3. The number of carbonyl (C=O) groups excluding carboxylic acids is 2. The molecule has 2 aromatic carbocycles. The highest BCUT2D eigenvalue weighted by molar-refractivity contribution is 5.97. The van der Waals surface area contributed by atoms with Gasteiger partial charge in [0.05, 0.1) is 25.8 Å². The summed E-state index contributed by atoms with van der Waals surface area (Å²) >= 11 is 0. The summed E-state index contributed by atoms with van der Waals surface area (Å²) in [4.78, 5) is 24.9. The number of rotatable bonds is 6. The number of anilines is 2. The first kappa shape index (κ1) is 24.5. The Labute approximate surface area is 199 Å². The molecule has 2 aliphatic rings. The minimum absolute atomic E-state index is 0.0211. The van der Waals surface area contributed by atoms with Crippen molar-refractivity contribution in [3.8, 4) is 17.2 Å². The van der Waals surface area contributed by atoms with Crippen molar-refractivity contribution < 1.29 is 42.1 Å². The fourth-order valence-electron chi connectivity index (χ4n) is 4.41. The molecule has 8 nitrogen and oxygen atoms in total. The molecule has 0 bridgehead atoms. The summed E-state index contributed by atoms with van der Waals surface area (Å²) in [7, 11) is 1.27. The van der Waals surface area contributed by atoms with E-state index in [0.717, 1.165) is 43.4 Å². The number of alkyl halides is 3. The van der Waals surface area contributed by atoms with Crippen LogP contribution in [0.1, 0.15) is 42.7 Å². The number of phenols is 1. The number of nitrogens with one attached hydrogen (secondary N) is 2. The highest BCUT2D eigenvalue weighted by Crippen LogP contribution is 2.41. The van der Waals surface area contributed by atoms with Gasteiger partial charge >= 0.3 is 12.3 Å². The molecule has 1 atom stereocenters. The average Bonchev–Trinajstić information content (AvgIpc) is 3.33. The van der Waals surface area contributed by atoms with E-state index in [-0.39, 0.29) is 41.8 Å². The number of carbonyl (C=O) groups is 2. The zero-order valence-electron chi connectivity index (χ0n) is 18.9. The van der Waals surface area contributed by atoms with Crippen LogP contribution in [0.4, 0.5) is 24.5 Å². The van der Waals surface area contributed by atoms with Crippen molar-refractivity contribution in [3.63, 3.8) is 0 Å². The number of fused-ring (bicyclic) bond motifs is 1. The van der Waals surface area contributed by atoms with Gasteiger partial charge in [-0.1, -0.05) is 12.8 Å². The van der Waals surface area contributed by atoms with Gasteiger partial charge in [-0.15, -0.1) is 13.2 Å². The van der Waals surface area contributed by atoms with E-state index >= 15 is 0 Å². The number of amides is 1. The van der Waals surface area contributed by atoms with Crippen LogP contribution >= 0.6 is 0 Å². The standard InChI is InChI=1S/C24H25F3N2O6/c1-33-22(31)9-14-8-16(13-4-2-3-5-13)19(30)11-17(14)29-23(32)21-12-28-18-10-15(35-24(25,26)27)6-7-20(18)34-21/h6-8,10-11,13,21,28,30H,2-5,9,12H2,1H3,(H,29,32). The molecule has 35 heavy (non-hydrogen) atoms. The van der Waals surface area contributed by atoms with Crippen molar-refractivity contribution >= 4 is 23.3 Å². The summed E-state index contributed by atoms with van der Waals surface area (Å²) in [6.45, 7) is -0.0211. The Hall–Kier alpha value is -3.63. The Morgan fingerprint density at radius 2 is 1.94 bits per heavy atom. The smallest absolute Gasteiger partial charge is 0.508 e. The SMILES string of the molecule is COC(=O)Cc1cc(C2CCCC2)c(O)cc1NC(=O)C1CNc2cc(OC(F)(F)F)ccc2O1. The van der Waals surface area contributed by atoms with Crippen LogP contribution in [0.5, 0.6) is 17.2 Å². The number of methoxy groups -OCH3 is 1. The molecule has 0 saturated heterocycles. The van der Waals surface area contributed by atoms with Crippen LogP contribution in [-0.4, -0.2) is 43.1 Å². The highest BCUT2D eigenvalue weighted by Gasteiger charge is 2.33. The van der Waals surface area contributed by atoms with Crippen molar-refractivity contribution in [1.82, 2.24) is 0 Å². The minimum atomic E-state index is -4.83. The lowest BCUT2D eigenvalue weighted by molar-refractivity contribution is -0.274. The molecule has 1 heterocycles. The molecule has 0 spiro atoms. The van der Waals surface area contributed by atoms with Crippen LogP contribution in [-0.2, 0) is 20.7 Å². The lowest BCUT2D eigenvalue weighted by Crippen LogP contribution is -2.41. The zero-order valence-corrected chi connectivity index (χ0v) is 18.9. The number of hydrogen-bond acceptors (Lipinski definition) is 7. The lowest BCUT2D eigenvalue weighted by Gasteiger charge is -2.27. The van der Waals surface area contributed by atoms with Gasteiger partial charge in [0.25, 0.3) is 5.91 Å². The van der Waals surface area contributed by atoms with Crippen LogP contribution in [0.25, 0.3) is 0 Å². The van der Waals surface area contributed by atoms with Crippen molar-refractivity contribution in [2.24, 2.45) is 0 Å². The Bertz CT molecular complexity index is 1120. The van der Waals surface area contributed by atoms with Crippen LogP contribution < -0.4 is 20.1 Å². The van der Waals surface area contributed by atoms with E-state index < -0.39 is 30.1 Å². The van der Waals surface area contributed by atoms with Crippen molar-refractivity contribution in [2.75, 3.05) is 24.3 Å². The summed E-state index contributed by atoms with van der Waals surface area (Å²) in [6.07, 6.45) is -1.94. The first-order valence-corrected chi connectivity index (χ1v) is 11.2. The Morgan fingerprint density at radius 1 is 1.20 bits per heavy atom. The zero-order chi connectivity index (χ0) is 25.2. The molecule has 0 radical (unpaired) electrons. The molecule has 1 aliphatic carbocycles. The first-order valence-electron chi connectivity index (χ1n) is 11.2. The maximum atomic E-state index is 12.9. The third-order valence-electron chi connectivity index (χ3n) is 6.09. The topological polar surface area (TPSA) is 106 Å². The van der Waals surface area contributed by atoms with Crippen LogP contribution in [0.3, 0.4) is 0 Å². The third-order valence-corrected chi connectivity index (χ3v) is 6.09. The van der Waals surface area contributed by atoms with Crippen LogP contribution in [0.15, 0.2) is 30.3 Å². The van der Waals surface area contributed by atoms with Crippen molar-refractivity contribution in [2.45, 2.75) is 50.5 Å². The molecule has 1 aliphatic heterocycles. The van der Waals surface area contributed by atoms with Crippen molar-refractivity contribution in [3.05, 3.63) is 41.5 Å². The number of benzene rings is 2. The predicted molar refractivity (Wildman–Crippen MR) is 120 cm³/mol. The number of ether oxygens (including phenoxy) is 3. The number of esters is 1. The molecule has 1 fully saturated rings. The largest absolute Gasteiger partial charge is 0.573 e. The second kappa shape index (κ2) is 9.93. The third kappa shape index (κ3) is 5.90. The molecule has 11 heteroatoms. The fraction of sp³-hybridized carbons (Fsp3) is 0.417. The van der Waals surface area contributed by atoms with Gasteiger partial charge in [-0.05, 0) is 48.1 Å². The molecule has 1 amide bonds. The number of hydrogen-bond donors (Lipinski definition) is 3. The van der Waals surface area contributed by atoms with Gasteiger partial charge in [0.15, 0.2) is 6.10 Å². The first-order chi connectivity index (χ1) is 16.6. The summed E-state index contributed by atoms with van der Waals surface area (Å²) in [5, 5.41) is 16.2. The normalized spacial score (nSPS) is 17.7. The van der Waals surface area contributed by atoms with E-state index in [0.29, 0.717) is 5.56 Å². The molecule has 4 rings (SSSR count). The van der Waals surface area contributed by atoms with Gasteiger partial charge in [0.1, 0.15) is 17.2 Å². The quantitative estimate of drug-likeness (QED) is 0.509. The second-order valence-corrected chi connectivity index (χ2v) is 8.48. The molecule has 3 N–H and O–H groups in total. The Morgan fingerprint density at radius 3 is 2.63 bits per heavy atom. The summed E-state index contributed by atoms with van der Waals surface area (Å²) in [6, 6.07) is 6.64. The molecular weight excluding hydrogens is 469 g/mol. The minimum Gasteiger partial charge on any atom is -0.508 e. The maximum absolute atomic E-state index is 12.9. The van der Waals surface area contributed by atoms with Gasteiger partial charge < -0.3 is 30.0 Å².